The average Bonchev–Trinajstić information content (AvgIpc) is 3.61. The molecule has 1 aliphatic rings. The van der Waals surface area contributed by atoms with E-state index in [-0.39, 0.29) is 5.41 Å². The smallest absolute Gasteiger partial charge is 0.217 e. The van der Waals surface area contributed by atoms with Gasteiger partial charge in [0.25, 0.3) is 0 Å². The fourth-order valence-corrected chi connectivity index (χ4v) is 8.63. The lowest BCUT2D eigenvalue weighted by Crippen LogP contribution is -2.41. The monoisotopic (exact) mass is 753 g/mol. The van der Waals surface area contributed by atoms with E-state index in [1.165, 1.54) is 49.7 Å². The van der Waals surface area contributed by atoms with E-state index in [4.69, 9.17) is 19.5 Å². The Balaban J connectivity index is 1.32. The number of fused-ring (bicyclic) bond motifs is 3. The number of rotatable bonds is 7. The molecule has 5 heteroatoms. The SMILES string of the molecule is Cc1cc(C)c(-c2cc(Oc3cc(-n4c5ccc(C(C)C)cc5c5c(C)ccnc54)cc(C(C)(C)C)c3)cc(C3=N[C@](C)(c4ccccc4)C(C)(C)O3)c2)c(C)c1. The van der Waals surface area contributed by atoms with Gasteiger partial charge in [0.05, 0.1) is 11.2 Å². The lowest BCUT2D eigenvalue weighted by Gasteiger charge is -2.34. The molecular formula is C52H55N3O2. The van der Waals surface area contributed by atoms with Gasteiger partial charge in [0.2, 0.25) is 5.90 Å². The highest BCUT2D eigenvalue weighted by Gasteiger charge is 2.50. The summed E-state index contributed by atoms with van der Waals surface area (Å²) in [5, 5.41) is 2.40. The summed E-state index contributed by atoms with van der Waals surface area (Å²) in [6.07, 6.45) is 1.92. The maximum absolute atomic E-state index is 7.06. The third-order valence-electron chi connectivity index (χ3n) is 12.1. The van der Waals surface area contributed by atoms with E-state index in [2.05, 4.69) is 185 Å². The normalized spacial score (nSPS) is 16.7. The summed E-state index contributed by atoms with van der Waals surface area (Å²) in [4.78, 5) is 10.4. The van der Waals surface area contributed by atoms with Crippen molar-refractivity contribution in [3.05, 3.63) is 154 Å². The van der Waals surface area contributed by atoms with Gasteiger partial charge < -0.3 is 9.47 Å². The molecule has 0 N–H and O–H groups in total. The van der Waals surface area contributed by atoms with Crippen LogP contribution in [-0.2, 0) is 15.7 Å². The Morgan fingerprint density at radius 3 is 2.09 bits per heavy atom. The van der Waals surface area contributed by atoms with Gasteiger partial charge >= 0.3 is 0 Å². The summed E-state index contributed by atoms with van der Waals surface area (Å²) in [5.74, 6) is 2.50. The molecule has 7 aromatic rings. The van der Waals surface area contributed by atoms with Crippen LogP contribution in [0.5, 0.6) is 11.5 Å². The van der Waals surface area contributed by atoms with Crippen LogP contribution in [0.25, 0.3) is 38.8 Å². The van der Waals surface area contributed by atoms with Crippen molar-refractivity contribution < 1.29 is 9.47 Å². The van der Waals surface area contributed by atoms with E-state index in [9.17, 15) is 0 Å². The van der Waals surface area contributed by atoms with Crippen molar-refractivity contribution in [2.45, 2.75) is 106 Å². The van der Waals surface area contributed by atoms with Crippen LogP contribution in [-0.4, -0.2) is 21.0 Å². The molecule has 0 spiro atoms. The fourth-order valence-electron chi connectivity index (χ4n) is 8.63. The number of aromatic nitrogens is 2. The Hall–Kier alpha value is -5.68. The predicted molar refractivity (Wildman–Crippen MR) is 238 cm³/mol. The quantitative estimate of drug-likeness (QED) is 0.163. The number of hydrogen-bond donors (Lipinski definition) is 0. The zero-order chi connectivity index (χ0) is 40.6. The van der Waals surface area contributed by atoms with Gasteiger partial charge in [-0.1, -0.05) is 88.7 Å². The largest absolute Gasteiger partial charge is 0.468 e. The van der Waals surface area contributed by atoms with Crippen molar-refractivity contribution in [3.63, 3.8) is 0 Å². The van der Waals surface area contributed by atoms with E-state index in [0.29, 0.717) is 17.6 Å². The van der Waals surface area contributed by atoms with E-state index < -0.39 is 11.1 Å². The van der Waals surface area contributed by atoms with Crippen molar-refractivity contribution in [2.75, 3.05) is 0 Å². The molecule has 3 heterocycles. The van der Waals surface area contributed by atoms with Crippen LogP contribution in [0.15, 0.2) is 114 Å². The van der Waals surface area contributed by atoms with Gasteiger partial charge in [0, 0.05) is 28.6 Å². The van der Waals surface area contributed by atoms with Crippen LogP contribution in [0.3, 0.4) is 0 Å². The zero-order valence-electron chi connectivity index (χ0n) is 35.6. The lowest BCUT2D eigenvalue weighted by atomic mass is 9.79. The zero-order valence-corrected chi connectivity index (χ0v) is 35.6. The number of nitrogens with zero attached hydrogens (tertiary/aromatic N) is 3. The van der Waals surface area contributed by atoms with Gasteiger partial charge in [0.15, 0.2) is 0 Å². The molecule has 0 saturated heterocycles. The second kappa shape index (κ2) is 13.8. The molecule has 0 bridgehead atoms. The van der Waals surface area contributed by atoms with Gasteiger partial charge in [-0.25, -0.2) is 9.98 Å². The summed E-state index contributed by atoms with van der Waals surface area (Å²) in [5.41, 5.74) is 13.4. The Morgan fingerprint density at radius 1 is 0.719 bits per heavy atom. The minimum atomic E-state index is -0.586. The van der Waals surface area contributed by atoms with Crippen molar-refractivity contribution in [2.24, 2.45) is 4.99 Å². The molecule has 2 aromatic heterocycles. The fraction of sp³-hybridized carbons (Fsp3) is 0.308. The molecule has 8 rings (SSSR count). The van der Waals surface area contributed by atoms with Gasteiger partial charge in [-0.05, 0) is 153 Å². The molecule has 0 aliphatic carbocycles. The second-order valence-electron chi connectivity index (χ2n) is 18.1. The molecule has 5 nitrogen and oxygen atoms in total. The number of ether oxygens (including phenoxy) is 2. The number of benzene rings is 5. The summed E-state index contributed by atoms with van der Waals surface area (Å²) in [6, 6.07) is 37.0. The predicted octanol–water partition coefficient (Wildman–Crippen LogP) is 13.8. The minimum Gasteiger partial charge on any atom is -0.468 e. The van der Waals surface area contributed by atoms with Gasteiger partial charge in [-0.3, -0.25) is 4.57 Å². The topological polar surface area (TPSA) is 48.6 Å². The first-order valence-corrected chi connectivity index (χ1v) is 20.2. The maximum atomic E-state index is 7.06. The molecule has 1 aliphatic heterocycles. The minimum absolute atomic E-state index is 0.149. The average molecular weight is 754 g/mol. The highest BCUT2D eigenvalue weighted by Crippen LogP contribution is 2.46. The molecule has 0 unspecified atom stereocenters. The van der Waals surface area contributed by atoms with E-state index in [1.807, 2.05) is 12.3 Å². The molecular weight excluding hydrogens is 699 g/mol. The molecule has 57 heavy (non-hydrogen) atoms. The number of aliphatic imine (C=N–C) groups is 1. The maximum Gasteiger partial charge on any atom is 0.217 e. The molecule has 5 aromatic carbocycles. The molecule has 0 saturated carbocycles. The standard InChI is InChI=1S/C52H55N3O2/c1-31(2)36-18-19-45-44(27-36)47-33(4)20-21-53-48(47)55(45)41-28-40(50(7,8)9)29-43(30-41)56-42-25-37(46-34(5)22-32(3)23-35(46)6)24-38(26-42)49-54-52(12,51(10,11)57-49)39-16-14-13-15-17-39/h13-31H,1-12H3/t52-/m1/s1. The van der Waals surface area contributed by atoms with Crippen LogP contribution < -0.4 is 4.74 Å². The first-order chi connectivity index (χ1) is 26.9. The third-order valence-corrected chi connectivity index (χ3v) is 12.1. The lowest BCUT2D eigenvalue weighted by molar-refractivity contribution is 0.0519. The number of hydrogen-bond acceptors (Lipinski definition) is 4. The van der Waals surface area contributed by atoms with Gasteiger partial charge in [0.1, 0.15) is 28.3 Å². The van der Waals surface area contributed by atoms with Gasteiger partial charge in [-0.2, -0.15) is 0 Å². The first-order valence-electron chi connectivity index (χ1n) is 20.2. The molecule has 290 valence electrons. The Morgan fingerprint density at radius 2 is 1.40 bits per heavy atom. The highest BCUT2D eigenvalue weighted by atomic mass is 16.5. The Bertz CT molecular complexity index is 2700. The first kappa shape index (κ1) is 38.2. The summed E-state index contributed by atoms with van der Waals surface area (Å²) >= 11 is 0. The van der Waals surface area contributed by atoms with Crippen molar-refractivity contribution in [1.29, 1.82) is 0 Å². The number of aryl methyl sites for hydroxylation is 4. The molecule has 1 atom stereocenters. The van der Waals surface area contributed by atoms with Crippen LogP contribution in [0, 0.1) is 27.7 Å². The molecule has 0 radical (unpaired) electrons. The van der Waals surface area contributed by atoms with Gasteiger partial charge in [-0.15, -0.1) is 0 Å². The highest BCUT2D eigenvalue weighted by molar-refractivity contribution is 6.09. The summed E-state index contributed by atoms with van der Waals surface area (Å²) < 4.78 is 16.2. The number of pyridine rings is 1. The summed E-state index contributed by atoms with van der Waals surface area (Å²) in [6.45, 7) is 26.4. The van der Waals surface area contributed by atoms with Crippen molar-refractivity contribution >= 4 is 27.8 Å². The summed E-state index contributed by atoms with van der Waals surface area (Å²) in [7, 11) is 0. The van der Waals surface area contributed by atoms with Crippen molar-refractivity contribution in [1.82, 2.24) is 9.55 Å². The Kier molecular flexibility index (Phi) is 9.22. The molecule has 0 fully saturated rings. The van der Waals surface area contributed by atoms with E-state index in [0.717, 1.165) is 39.3 Å². The van der Waals surface area contributed by atoms with Crippen LogP contribution in [0.1, 0.15) is 106 Å². The van der Waals surface area contributed by atoms with Crippen LogP contribution >= 0.6 is 0 Å². The van der Waals surface area contributed by atoms with Crippen molar-refractivity contribution in [3.8, 4) is 28.3 Å². The van der Waals surface area contributed by atoms with Crippen LogP contribution in [0.2, 0.25) is 0 Å². The van der Waals surface area contributed by atoms with E-state index >= 15 is 0 Å². The molecule has 0 amide bonds. The second-order valence-corrected chi connectivity index (χ2v) is 18.1. The Labute approximate surface area is 338 Å². The third kappa shape index (κ3) is 6.71. The van der Waals surface area contributed by atoms with E-state index in [1.54, 1.807) is 0 Å². The van der Waals surface area contributed by atoms with Crippen LogP contribution in [0.4, 0.5) is 0 Å².